The van der Waals surface area contributed by atoms with Crippen LogP contribution in [0.5, 0.6) is 0 Å². The molecule has 7 heteroatoms. The second-order valence-electron chi connectivity index (χ2n) is 4.67. The number of hydrogen-bond donors (Lipinski definition) is 0. The second kappa shape index (κ2) is 6.02. The Labute approximate surface area is 135 Å². The van der Waals surface area contributed by atoms with Crippen molar-refractivity contribution in [2.45, 2.75) is 0 Å². The van der Waals surface area contributed by atoms with E-state index in [0.717, 1.165) is 0 Å². The zero-order chi connectivity index (χ0) is 16.4. The van der Waals surface area contributed by atoms with Crippen molar-refractivity contribution in [1.29, 1.82) is 0 Å². The van der Waals surface area contributed by atoms with Crippen molar-refractivity contribution in [2.75, 3.05) is 0 Å². The Bertz CT molecular complexity index is 860. The normalized spacial score (nSPS) is 15.4. The smallest absolute Gasteiger partial charge is 0.363 e. The lowest BCUT2D eigenvalue weighted by atomic mass is 10.2. The van der Waals surface area contributed by atoms with Crippen LogP contribution in [-0.2, 0) is 9.53 Å². The highest BCUT2D eigenvalue weighted by Gasteiger charge is 2.24. The van der Waals surface area contributed by atoms with Gasteiger partial charge in [-0.3, -0.25) is 10.1 Å². The van der Waals surface area contributed by atoms with Crippen molar-refractivity contribution >= 4 is 35.2 Å². The predicted molar refractivity (Wildman–Crippen MR) is 85.2 cm³/mol. The van der Waals surface area contributed by atoms with Crippen LogP contribution in [0, 0.1) is 10.1 Å². The molecule has 0 atom stereocenters. The van der Waals surface area contributed by atoms with Crippen LogP contribution >= 0.6 is 11.6 Å². The van der Waals surface area contributed by atoms with Gasteiger partial charge in [-0.15, -0.1) is 0 Å². The largest absolute Gasteiger partial charge is 0.402 e. The Morgan fingerprint density at radius 3 is 2.57 bits per heavy atom. The van der Waals surface area contributed by atoms with Gasteiger partial charge in [-0.25, -0.2) is 9.79 Å². The molecule has 1 aliphatic heterocycles. The number of benzene rings is 2. The Balaban J connectivity index is 1.93. The molecular weight excluding hydrogens is 320 g/mol. The molecule has 0 spiro atoms. The quantitative estimate of drug-likeness (QED) is 0.373. The van der Waals surface area contributed by atoms with Crippen molar-refractivity contribution in [3.63, 3.8) is 0 Å². The van der Waals surface area contributed by atoms with Gasteiger partial charge in [0.25, 0.3) is 5.69 Å². The molecule has 0 aliphatic carbocycles. The molecule has 1 aliphatic rings. The first kappa shape index (κ1) is 14.9. The minimum atomic E-state index is -0.585. The van der Waals surface area contributed by atoms with Crippen LogP contribution < -0.4 is 0 Å². The highest BCUT2D eigenvalue weighted by Crippen LogP contribution is 2.27. The third-order valence-electron chi connectivity index (χ3n) is 3.11. The zero-order valence-corrected chi connectivity index (χ0v) is 12.4. The predicted octanol–water partition coefficient (Wildman–Crippen LogP) is 3.59. The van der Waals surface area contributed by atoms with Gasteiger partial charge in [0, 0.05) is 11.6 Å². The van der Waals surface area contributed by atoms with Crippen molar-refractivity contribution in [2.24, 2.45) is 4.99 Å². The summed E-state index contributed by atoms with van der Waals surface area (Å²) in [6.07, 6.45) is 1.47. The van der Waals surface area contributed by atoms with E-state index < -0.39 is 10.9 Å². The number of esters is 1. The van der Waals surface area contributed by atoms with Crippen LogP contribution in [0.2, 0.25) is 5.02 Å². The van der Waals surface area contributed by atoms with E-state index in [9.17, 15) is 14.9 Å². The highest BCUT2D eigenvalue weighted by molar-refractivity contribution is 6.32. The third-order valence-corrected chi connectivity index (χ3v) is 3.42. The third kappa shape index (κ3) is 3.12. The Hall–Kier alpha value is -2.99. The molecule has 0 aromatic heterocycles. The van der Waals surface area contributed by atoms with Gasteiger partial charge in [-0.2, -0.15) is 0 Å². The van der Waals surface area contributed by atoms with E-state index >= 15 is 0 Å². The summed E-state index contributed by atoms with van der Waals surface area (Å²) in [5.74, 6) is -0.367. The number of cyclic esters (lactones) is 1. The summed E-state index contributed by atoms with van der Waals surface area (Å²) in [4.78, 5) is 26.2. The van der Waals surface area contributed by atoms with E-state index in [1.807, 2.05) is 18.2 Å². The summed E-state index contributed by atoms with van der Waals surface area (Å²) in [6.45, 7) is 0. The molecule has 2 aromatic carbocycles. The molecular formula is C16H9ClN2O4. The number of aliphatic imine (C=N–C) groups is 1. The van der Waals surface area contributed by atoms with Gasteiger partial charge < -0.3 is 4.74 Å². The maximum absolute atomic E-state index is 11.9. The highest BCUT2D eigenvalue weighted by atomic mass is 35.5. The Morgan fingerprint density at radius 2 is 1.91 bits per heavy atom. The zero-order valence-electron chi connectivity index (χ0n) is 11.6. The van der Waals surface area contributed by atoms with Crippen LogP contribution in [0.25, 0.3) is 6.08 Å². The van der Waals surface area contributed by atoms with Gasteiger partial charge in [0.15, 0.2) is 5.70 Å². The molecule has 2 aromatic rings. The number of carbonyl (C=O) groups excluding carboxylic acids is 1. The molecule has 0 saturated heterocycles. The Kier molecular flexibility index (Phi) is 3.91. The lowest BCUT2D eigenvalue weighted by molar-refractivity contribution is -0.384. The minimum absolute atomic E-state index is 0.0111. The lowest BCUT2D eigenvalue weighted by Gasteiger charge is -1.97. The maximum Gasteiger partial charge on any atom is 0.363 e. The topological polar surface area (TPSA) is 81.8 Å². The summed E-state index contributed by atoms with van der Waals surface area (Å²) >= 11 is 5.85. The Morgan fingerprint density at radius 1 is 1.17 bits per heavy atom. The number of rotatable bonds is 3. The monoisotopic (exact) mass is 328 g/mol. The van der Waals surface area contributed by atoms with Crippen molar-refractivity contribution in [1.82, 2.24) is 0 Å². The van der Waals surface area contributed by atoms with Crippen LogP contribution in [0.3, 0.4) is 0 Å². The molecule has 0 fully saturated rings. The van der Waals surface area contributed by atoms with E-state index in [1.54, 1.807) is 12.1 Å². The molecule has 6 nitrogen and oxygen atoms in total. The van der Waals surface area contributed by atoms with E-state index in [1.165, 1.54) is 24.3 Å². The molecule has 0 amide bonds. The van der Waals surface area contributed by atoms with E-state index in [-0.39, 0.29) is 22.3 Å². The van der Waals surface area contributed by atoms with Crippen LogP contribution in [0.15, 0.2) is 59.2 Å². The lowest BCUT2D eigenvalue weighted by Crippen LogP contribution is -2.04. The first-order valence-electron chi connectivity index (χ1n) is 6.56. The fourth-order valence-corrected chi connectivity index (χ4v) is 2.29. The molecule has 1 heterocycles. The number of ether oxygens (including phenoxy) is 1. The van der Waals surface area contributed by atoms with Crippen molar-refractivity contribution in [3.05, 3.63) is 80.5 Å². The molecule has 0 radical (unpaired) electrons. The van der Waals surface area contributed by atoms with Crippen LogP contribution in [-0.4, -0.2) is 16.8 Å². The standard InChI is InChI=1S/C16H9ClN2O4/c17-12-8-10(6-7-14(12)19(21)22)9-13-16(20)23-15(18-13)11-4-2-1-3-5-11/h1-9H. The summed E-state index contributed by atoms with van der Waals surface area (Å²) in [5.41, 5.74) is 1.11. The first-order chi connectivity index (χ1) is 11.0. The van der Waals surface area contributed by atoms with E-state index in [2.05, 4.69) is 4.99 Å². The SMILES string of the molecule is O=C1OC(c2ccccc2)=NC1=Cc1ccc([N+](=O)[O-])c(Cl)c1. The van der Waals surface area contributed by atoms with Crippen LogP contribution in [0.1, 0.15) is 11.1 Å². The van der Waals surface area contributed by atoms with Gasteiger partial charge in [0.05, 0.1) is 4.92 Å². The maximum atomic E-state index is 11.9. The van der Waals surface area contributed by atoms with E-state index in [4.69, 9.17) is 16.3 Å². The van der Waals surface area contributed by atoms with Crippen molar-refractivity contribution < 1.29 is 14.5 Å². The fraction of sp³-hybridized carbons (Fsp3) is 0. The number of carbonyl (C=O) groups is 1. The first-order valence-corrected chi connectivity index (χ1v) is 6.94. The van der Waals surface area contributed by atoms with Crippen molar-refractivity contribution in [3.8, 4) is 0 Å². The number of nitro groups is 1. The molecule has 23 heavy (non-hydrogen) atoms. The van der Waals surface area contributed by atoms with Crippen LogP contribution in [0.4, 0.5) is 5.69 Å². The summed E-state index contributed by atoms with van der Waals surface area (Å²) in [6, 6.07) is 13.2. The number of halogens is 1. The number of nitro benzene ring substituents is 1. The van der Waals surface area contributed by atoms with Gasteiger partial charge in [0.1, 0.15) is 5.02 Å². The van der Waals surface area contributed by atoms with Gasteiger partial charge in [-0.1, -0.05) is 29.8 Å². The van der Waals surface area contributed by atoms with E-state index in [0.29, 0.717) is 11.1 Å². The molecule has 0 N–H and O–H groups in total. The number of nitrogens with zero attached hydrogens (tertiary/aromatic N) is 2. The minimum Gasteiger partial charge on any atom is -0.402 e. The fourth-order valence-electron chi connectivity index (χ4n) is 2.03. The molecule has 0 unspecified atom stereocenters. The molecule has 114 valence electrons. The average molecular weight is 329 g/mol. The summed E-state index contributed by atoms with van der Waals surface area (Å²) in [7, 11) is 0. The summed E-state index contributed by atoms with van der Waals surface area (Å²) in [5, 5.41) is 10.7. The second-order valence-corrected chi connectivity index (χ2v) is 5.08. The average Bonchev–Trinajstić information content (AvgIpc) is 2.89. The van der Waals surface area contributed by atoms with Gasteiger partial charge in [-0.05, 0) is 35.9 Å². The molecule has 0 saturated carbocycles. The van der Waals surface area contributed by atoms with Gasteiger partial charge in [0.2, 0.25) is 5.90 Å². The number of hydrogen-bond acceptors (Lipinski definition) is 5. The molecule has 0 bridgehead atoms. The summed E-state index contributed by atoms with van der Waals surface area (Å²) < 4.78 is 5.13. The molecule has 3 rings (SSSR count). The van der Waals surface area contributed by atoms with Gasteiger partial charge >= 0.3 is 5.97 Å².